The third kappa shape index (κ3) is 4.28. The summed E-state index contributed by atoms with van der Waals surface area (Å²) in [6.07, 6.45) is 0.472. The van der Waals surface area contributed by atoms with Crippen molar-refractivity contribution in [2.45, 2.75) is 25.5 Å². The molecule has 2 heterocycles. The van der Waals surface area contributed by atoms with Crippen LogP contribution >= 0.6 is 0 Å². The lowest BCUT2D eigenvalue weighted by atomic mass is 10.1. The predicted octanol–water partition coefficient (Wildman–Crippen LogP) is 1.36. The molecule has 7 heteroatoms. The normalized spacial score (nSPS) is 24.4. The summed E-state index contributed by atoms with van der Waals surface area (Å²) >= 11 is 0. The topological polar surface area (TPSA) is 68.3 Å². The van der Waals surface area contributed by atoms with E-state index >= 15 is 0 Å². The van der Waals surface area contributed by atoms with E-state index in [0.29, 0.717) is 19.8 Å². The Morgan fingerprint density at radius 3 is 2.73 bits per heavy atom. The molecule has 0 spiro atoms. The van der Waals surface area contributed by atoms with Gasteiger partial charge in [0.2, 0.25) is 0 Å². The number of aliphatic hydroxyl groups is 1. The number of nitrogens with one attached hydrogen (secondary N) is 1. The smallest absolute Gasteiger partial charge is 0.321 e. The molecule has 0 bridgehead atoms. The fourth-order valence-corrected chi connectivity index (χ4v) is 3.57. The zero-order valence-corrected chi connectivity index (χ0v) is 15.9. The highest BCUT2D eigenvalue weighted by Crippen LogP contribution is 2.23. The average molecular weight is 362 g/mol. The van der Waals surface area contributed by atoms with E-state index in [9.17, 15) is 9.90 Å². The first-order valence-corrected chi connectivity index (χ1v) is 9.29. The fraction of sp³-hybridized carbons (Fsp3) is 0.632. The quantitative estimate of drug-likeness (QED) is 0.850. The molecule has 2 saturated heterocycles. The second kappa shape index (κ2) is 8.24. The SMILES string of the molecule is Cc1ccc(N(C)C)cc1NC(=O)N1CCCN([C@H]2COC[C@@H]2O)CC1. The number of hydrogen-bond acceptors (Lipinski definition) is 5. The van der Waals surface area contributed by atoms with Crippen molar-refractivity contribution >= 4 is 17.4 Å². The Hall–Kier alpha value is -1.83. The number of urea groups is 1. The van der Waals surface area contributed by atoms with Crippen molar-refractivity contribution in [2.75, 3.05) is 63.7 Å². The number of amides is 2. The van der Waals surface area contributed by atoms with Crippen molar-refractivity contribution in [3.05, 3.63) is 23.8 Å². The van der Waals surface area contributed by atoms with Gasteiger partial charge in [-0.3, -0.25) is 4.90 Å². The molecule has 2 amide bonds. The van der Waals surface area contributed by atoms with E-state index < -0.39 is 6.10 Å². The minimum absolute atomic E-state index is 0.0528. The van der Waals surface area contributed by atoms with Crippen molar-refractivity contribution in [3.8, 4) is 0 Å². The van der Waals surface area contributed by atoms with Gasteiger partial charge in [-0.15, -0.1) is 0 Å². The summed E-state index contributed by atoms with van der Waals surface area (Å²) in [5.41, 5.74) is 2.96. The van der Waals surface area contributed by atoms with E-state index in [1.807, 2.05) is 49.0 Å². The van der Waals surface area contributed by atoms with E-state index in [-0.39, 0.29) is 12.1 Å². The maximum Gasteiger partial charge on any atom is 0.321 e. The third-order valence-corrected chi connectivity index (χ3v) is 5.29. The Balaban J connectivity index is 1.61. The summed E-state index contributed by atoms with van der Waals surface area (Å²) in [5.74, 6) is 0. The maximum atomic E-state index is 12.8. The molecule has 2 N–H and O–H groups in total. The highest BCUT2D eigenvalue weighted by molar-refractivity contribution is 5.90. The Kier molecular flexibility index (Phi) is 6.01. The number of nitrogens with zero attached hydrogens (tertiary/aromatic N) is 3. The number of carbonyl (C=O) groups is 1. The highest BCUT2D eigenvalue weighted by Gasteiger charge is 2.33. The Morgan fingerprint density at radius 1 is 1.23 bits per heavy atom. The van der Waals surface area contributed by atoms with Crippen LogP contribution in [0.4, 0.5) is 16.2 Å². The summed E-state index contributed by atoms with van der Waals surface area (Å²) in [5, 5.41) is 13.1. The van der Waals surface area contributed by atoms with Gasteiger partial charge < -0.3 is 25.0 Å². The Labute approximate surface area is 155 Å². The molecule has 2 atom stereocenters. The van der Waals surface area contributed by atoms with E-state index in [1.54, 1.807) is 0 Å². The van der Waals surface area contributed by atoms with Crippen LogP contribution in [0, 0.1) is 6.92 Å². The lowest BCUT2D eigenvalue weighted by Gasteiger charge is -2.28. The van der Waals surface area contributed by atoms with Gasteiger partial charge in [0.15, 0.2) is 0 Å². The number of ether oxygens (including phenoxy) is 1. The lowest BCUT2D eigenvalue weighted by Crippen LogP contribution is -2.45. The van der Waals surface area contributed by atoms with E-state index in [4.69, 9.17) is 4.74 Å². The number of aryl methyl sites for hydroxylation is 1. The van der Waals surface area contributed by atoms with Gasteiger partial charge >= 0.3 is 6.03 Å². The molecule has 1 aromatic rings. The summed E-state index contributed by atoms with van der Waals surface area (Å²) in [6.45, 7) is 6.00. The summed E-state index contributed by atoms with van der Waals surface area (Å²) < 4.78 is 5.37. The second-order valence-electron chi connectivity index (χ2n) is 7.37. The van der Waals surface area contributed by atoms with Crippen LogP contribution in [0.2, 0.25) is 0 Å². The summed E-state index contributed by atoms with van der Waals surface area (Å²) in [6, 6.07) is 6.07. The Bertz CT molecular complexity index is 637. The molecule has 1 aromatic carbocycles. The van der Waals surface area contributed by atoms with Crippen LogP contribution < -0.4 is 10.2 Å². The van der Waals surface area contributed by atoms with E-state index in [0.717, 1.165) is 43.0 Å². The number of hydrogen-bond donors (Lipinski definition) is 2. The molecule has 0 aromatic heterocycles. The molecular weight excluding hydrogens is 332 g/mol. The van der Waals surface area contributed by atoms with Gasteiger partial charge in [0, 0.05) is 51.6 Å². The molecule has 2 fully saturated rings. The number of carbonyl (C=O) groups excluding carboxylic acids is 1. The first-order chi connectivity index (χ1) is 12.5. The highest BCUT2D eigenvalue weighted by atomic mass is 16.5. The number of benzene rings is 1. The van der Waals surface area contributed by atoms with Crippen molar-refractivity contribution in [1.29, 1.82) is 0 Å². The summed E-state index contributed by atoms with van der Waals surface area (Å²) in [7, 11) is 3.97. The minimum atomic E-state index is -0.424. The largest absolute Gasteiger partial charge is 0.389 e. The van der Waals surface area contributed by atoms with E-state index in [1.165, 1.54) is 0 Å². The second-order valence-corrected chi connectivity index (χ2v) is 7.37. The molecular formula is C19H30N4O3. The zero-order chi connectivity index (χ0) is 18.7. The van der Waals surface area contributed by atoms with Gasteiger partial charge in [-0.1, -0.05) is 6.07 Å². The third-order valence-electron chi connectivity index (χ3n) is 5.29. The number of aliphatic hydroxyl groups excluding tert-OH is 1. The van der Waals surface area contributed by atoms with Gasteiger partial charge in [0.25, 0.3) is 0 Å². The molecule has 144 valence electrons. The van der Waals surface area contributed by atoms with Crippen molar-refractivity contribution < 1.29 is 14.6 Å². The lowest BCUT2D eigenvalue weighted by molar-refractivity contribution is 0.0845. The molecule has 0 aliphatic carbocycles. The number of anilines is 2. The van der Waals surface area contributed by atoms with Crippen LogP contribution in [0.3, 0.4) is 0 Å². The van der Waals surface area contributed by atoms with Gasteiger partial charge in [-0.25, -0.2) is 4.79 Å². The molecule has 7 nitrogen and oxygen atoms in total. The maximum absolute atomic E-state index is 12.8. The van der Waals surface area contributed by atoms with Crippen LogP contribution in [0.25, 0.3) is 0 Å². The van der Waals surface area contributed by atoms with Gasteiger partial charge in [-0.2, -0.15) is 0 Å². The molecule has 0 saturated carbocycles. The van der Waals surface area contributed by atoms with Gasteiger partial charge in [-0.05, 0) is 31.0 Å². The molecule has 26 heavy (non-hydrogen) atoms. The molecule has 0 unspecified atom stereocenters. The predicted molar refractivity (Wildman–Crippen MR) is 103 cm³/mol. The fourth-order valence-electron chi connectivity index (χ4n) is 3.57. The average Bonchev–Trinajstić information content (AvgIpc) is 2.89. The Morgan fingerprint density at radius 2 is 2.04 bits per heavy atom. The van der Waals surface area contributed by atoms with Crippen LogP contribution in [0.5, 0.6) is 0 Å². The minimum Gasteiger partial charge on any atom is -0.389 e. The van der Waals surface area contributed by atoms with Gasteiger partial charge in [0.1, 0.15) is 0 Å². The molecule has 0 radical (unpaired) electrons. The molecule has 2 aliphatic rings. The standard InChI is InChI=1S/C19H30N4O3/c1-14-5-6-15(21(2)3)11-16(14)20-19(25)23-8-4-7-22(9-10-23)17-12-26-13-18(17)24/h5-6,11,17-18,24H,4,7-10,12-13H2,1-3H3,(H,20,25)/t17-,18-/m0/s1. The molecule has 3 rings (SSSR count). The van der Waals surface area contributed by atoms with Crippen molar-refractivity contribution in [3.63, 3.8) is 0 Å². The van der Waals surface area contributed by atoms with E-state index in [2.05, 4.69) is 10.2 Å². The first kappa shape index (κ1) is 18.9. The first-order valence-electron chi connectivity index (χ1n) is 9.29. The van der Waals surface area contributed by atoms with Crippen molar-refractivity contribution in [1.82, 2.24) is 9.80 Å². The number of rotatable bonds is 3. The van der Waals surface area contributed by atoms with Crippen LogP contribution in [0.15, 0.2) is 18.2 Å². The van der Waals surface area contributed by atoms with Gasteiger partial charge in [0.05, 0.1) is 25.4 Å². The monoisotopic (exact) mass is 362 g/mol. The molecule has 2 aliphatic heterocycles. The summed E-state index contributed by atoms with van der Waals surface area (Å²) in [4.78, 5) is 18.9. The van der Waals surface area contributed by atoms with Crippen LogP contribution in [-0.2, 0) is 4.74 Å². The van der Waals surface area contributed by atoms with Crippen LogP contribution in [0.1, 0.15) is 12.0 Å². The van der Waals surface area contributed by atoms with Crippen molar-refractivity contribution in [2.24, 2.45) is 0 Å². The van der Waals surface area contributed by atoms with Crippen LogP contribution in [-0.4, -0.2) is 86.6 Å². The zero-order valence-electron chi connectivity index (χ0n) is 15.9.